The maximum Gasteiger partial charge on any atom is 0.135 e. The highest BCUT2D eigenvalue weighted by atomic mass is 16.3. The van der Waals surface area contributed by atoms with Gasteiger partial charge < -0.3 is 4.42 Å². The van der Waals surface area contributed by atoms with Gasteiger partial charge in [-0.2, -0.15) is 5.26 Å². The molecule has 0 amide bonds. The molecule has 0 radical (unpaired) electrons. The van der Waals surface area contributed by atoms with Crippen LogP contribution in [0.3, 0.4) is 0 Å². The maximum absolute atomic E-state index is 9.30. The second kappa shape index (κ2) is 3.76. The number of aromatic nitrogens is 1. The molecule has 0 saturated carbocycles. The van der Waals surface area contributed by atoms with Crippen molar-refractivity contribution in [3.05, 3.63) is 54.4 Å². The number of hydrogen-bond donors (Lipinski definition) is 0. The highest BCUT2D eigenvalue weighted by Crippen LogP contribution is 2.29. The molecule has 0 unspecified atom stereocenters. The molecule has 17 heavy (non-hydrogen) atoms. The highest BCUT2D eigenvalue weighted by molar-refractivity contribution is 5.91. The summed E-state index contributed by atoms with van der Waals surface area (Å²) in [6.07, 6.45) is 3.32. The minimum atomic E-state index is 0.602. The van der Waals surface area contributed by atoms with Crippen molar-refractivity contribution >= 4 is 10.9 Å². The zero-order valence-electron chi connectivity index (χ0n) is 8.92. The van der Waals surface area contributed by atoms with Gasteiger partial charge in [0.25, 0.3) is 0 Å². The van der Waals surface area contributed by atoms with Crippen LogP contribution < -0.4 is 0 Å². The van der Waals surface area contributed by atoms with Gasteiger partial charge in [0, 0.05) is 17.1 Å². The van der Waals surface area contributed by atoms with Crippen LogP contribution in [0.2, 0.25) is 0 Å². The Morgan fingerprint density at radius 3 is 2.82 bits per heavy atom. The van der Waals surface area contributed by atoms with E-state index in [0.29, 0.717) is 11.3 Å². The zero-order valence-corrected chi connectivity index (χ0v) is 8.92. The molecular formula is C14H8N2O. The minimum absolute atomic E-state index is 0.602. The molecule has 0 aliphatic rings. The van der Waals surface area contributed by atoms with Crippen LogP contribution in [0, 0.1) is 11.3 Å². The summed E-state index contributed by atoms with van der Waals surface area (Å²) < 4.78 is 5.34. The third-order valence-corrected chi connectivity index (χ3v) is 2.68. The molecule has 1 aromatic carbocycles. The molecular weight excluding hydrogens is 212 g/mol. The van der Waals surface area contributed by atoms with Crippen molar-refractivity contribution < 1.29 is 4.42 Å². The van der Waals surface area contributed by atoms with Gasteiger partial charge in [0.1, 0.15) is 11.8 Å². The summed E-state index contributed by atoms with van der Waals surface area (Å²) in [6, 6.07) is 13.4. The molecule has 80 valence electrons. The second-order valence-corrected chi connectivity index (χ2v) is 3.65. The Kier molecular flexibility index (Phi) is 2.13. The van der Waals surface area contributed by atoms with Gasteiger partial charge in [-0.3, -0.25) is 4.98 Å². The van der Waals surface area contributed by atoms with Gasteiger partial charge in [0.05, 0.1) is 17.3 Å². The fraction of sp³-hybridized carbons (Fsp3) is 0. The SMILES string of the molecule is N#Cc1c(-c2ccco2)ccc2ncccc12. The van der Waals surface area contributed by atoms with Crippen molar-refractivity contribution in [1.82, 2.24) is 4.98 Å². The number of pyridine rings is 1. The molecule has 3 heteroatoms. The Bertz CT molecular complexity index is 709. The van der Waals surface area contributed by atoms with Crippen LogP contribution in [0.4, 0.5) is 0 Å². The molecule has 3 nitrogen and oxygen atoms in total. The van der Waals surface area contributed by atoms with E-state index in [1.807, 2.05) is 36.4 Å². The molecule has 3 aromatic rings. The lowest BCUT2D eigenvalue weighted by Gasteiger charge is -2.04. The predicted molar refractivity (Wildman–Crippen MR) is 64.2 cm³/mol. The lowest BCUT2D eigenvalue weighted by molar-refractivity contribution is 0.582. The standard InChI is InChI=1S/C14H8N2O/c15-9-12-10-3-1-7-16-13(10)6-5-11(12)14-4-2-8-17-14/h1-8H. The Balaban J connectivity index is 2.38. The van der Waals surface area contributed by atoms with Crippen LogP contribution in [0.15, 0.2) is 53.3 Å². The largest absolute Gasteiger partial charge is 0.464 e. The van der Waals surface area contributed by atoms with Gasteiger partial charge in [-0.1, -0.05) is 0 Å². The van der Waals surface area contributed by atoms with Crippen molar-refractivity contribution in [1.29, 1.82) is 5.26 Å². The van der Waals surface area contributed by atoms with Crippen molar-refractivity contribution in [2.24, 2.45) is 0 Å². The van der Waals surface area contributed by atoms with E-state index < -0.39 is 0 Å². The highest BCUT2D eigenvalue weighted by Gasteiger charge is 2.11. The van der Waals surface area contributed by atoms with E-state index in [0.717, 1.165) is 16.5 Å². The number of furan rings is 1. The number of nitriles is 1. The molecule has 0 saturated heterocycles. The summed E-state index contributed by atoms with van der Waals surface area (Å²) in [5.41, 5.74) is 2.22. The molecule has 0 aliphatic heterocycles. The van der Waals surface area contributed by atoms with E-state index in [-0.39, 0.29) is 0 Å². The van der Waals surface area contributed by atoms with Crippen LogP contribution in [-0.4, -0.2) is 4.98 Å². The van der Waals surface area contributed by atoms with E-state index in [4.69, 9.17) is 4.42 Å². The first-order valence-corrected chi connectivity index (χ1v) is 5.22. The molecule has 0 N–H and O–H groups in total. The third kappa shape index (κ3) is 1.47. The smallest absolute Gasteiger partial charge is 0.135 e. The number of benzene rings is 1. The Hall–Kier alpha value is -2.60. The van der Waals surface area contributed by atoms with E-state index in [9.17, 15) is 5.26 Å². The number of fused-ring (bicyclic) bond motifs is 1. The molecule has 2 aromatic heterocycles. The van der Waals surface area contributed by atoms with Gasteiger partial charge in [-0.25, -0.2) is 0 Å². The summed E-state index contributed by atoms with van der Waals surface area (Å²) in [5.74, 6) is 0.701. The summed E-state index contributed by atoms with van der Waals surface area (Å²) in [5, 5.41) is 10.1. The fourth-order valence-electron chi connectivity index (χ4n) is 1.91. The maximum atomic E-state index is 9.30. The molecule has 0 spiro atoms. The normalized spacial score (nSPS) is 10.3. The molecule has 0 atom stereocenters. The topological polar surface area (TPSA) is 49.8 Å². The molecule has 0 fully saturated rings. The summed E-state index contributed by atoms with van der Waals surface area (Å²) in [7, 11) is 0. The number of hydrogen-bond acceptors (Lipinski definition) is 3. The first-order valence-electron chi connectivity index (χ1n) is 5.22. The van der Waals surface area contributed by atoms with Crippen LogP contribution in [0.25, 0.3) is 22.2 Å². The number of rotatable bonds is 1. The van der Waals surface area contributed by atoms with Gasteiger partial charge in [-0.05, 0) is 36.4 Å². The lowest BCUT2D eigenvalue weighted by atomic mass is 10.0. The average molecular weight is 220 g/mol. The van der Waals surface area contributed by atoms with Crippen molar-refractivity contribution in [2.45, 2.75) is 0 Å². The summed E-state index contributed by atoms with van der Waals surface area (Å²) in [6.45, 7) is 0. The second-order valence-electron chi connectivity index (χ2n) is 3.65. The molecule has 2 heterocycles. The van der Waals surface area contributed by atoms with Crippen molar-refractivity contribution in [2.75, 3.05) is 0 Å². The Morgan fingerprint density at radius 2 is 2.06 bits per heavy atom. The summed E-state index contributed by atoms with van der Waals surface area (Å²) in [4.78, 5) is 4.23. The predicted octanol–water partition coefficient (Wildman–Crippen LogP) is 3.37. The fourth-order valence-corrected chi connectivity index (χ4v) is 1.91. The molecule has 0 bridgehead atoms. The lowest BCUT2D eigenvalue weighted by Crippen LogP contribution is -1.87. The zero-order chi connectivity index (χ0) is 11.7. The van der Waals surface area contributed by atoms with Gasteiger partial charge in [0.2, 0.25) is 0 Å². The number of nitrogens with zero attached hydrogens (tertiary/aromatic N) is 2. The van der Waals surface area contributed by atoms with E-state index in [1.165, 1.54) is 0 Å². The van der Waals surface area contributed by atoms with Crippen LogP contribution >= 0.6 is 0 Å². The minimum Gasteiger partial charge on any atom is -0.464 e. The van der Waals surface area contributed by atoms with Gasteiger partial charge in [0.15, 0.2) is 0 Å². The van der Waals surface area contributed by atoms with Crippen LogP contribution in [0.5, 0.6) is 0 Å². The average Bonchev–Trinajstić information content (AvgIpc) is 2.91. The monoisotopic (exact) mass is 220 g/mol. The van der Waals surface area contributed by atoms with E-state index >= 15 is 0 Å². The van der Waals surface area contributed by atoms with Crippen molar-refractivity contribution in [3.63, 3.8) is 0 Å². The summed E-state index contributed by atoms with van der Waals surface area (Å²) >= 11 is 0. The molecule has 0 aliphatic carbocycles. The molecule has 3 rings (SSSR count). The third-order valence-electron chi connectivity index (χ3n) is 2.68. The first-order chi connectivity index (χ1) is 8.40. The van der Waals surface area contributed by atoms with Crippen LogP contribution in [-0.2, 0) is 0 Å². The quantitative estimate of drug-likeness (QED) is 0.631. The van der Waals surface area contributed by atoms with E-state index in [1.54, 1.807) is 12.5 Å². The Morgan fingerprint density at radius 1 is 1.12 bits per heavy atom. The van der Waals surface area contributed by atoms with E-state index in [2.05, 4.69) is 11.1 Å². The van der Waals surface area contributed by atoms with Crippen molar-refractivity contribution in [3.8, 4) is 17.4 Å². The van der Waals surface area contributed by atoms with Crippen LogP contribution in [0.1, 0.15) is 5.56 Å². The Labute approximate surface area is 97.9 Å². The van der Waals surface area contributed by atoms with Gasteiger partial charge in [-0.15, -0.1) is 0 Å². The van der Waals surface area contributed by atoms with Gasteiger partial charge >= 0.3 is 0 Å². The first kappa shape index (κ1) is 9.61.